The monoisotopic (exact) mass is 255 g/mol. The smallest absolute Gasteiger partial charge is 0.174 e. The molecule has 0 unspecified atom stereocenters. The van der Waals surface area contributed by atoms with E-state index in [-0.39, 0.29) is 18.3 Å². The van der Waals surface area contributed by atoms with E-state index in [1.54, 1.807) is 0 Å². The van der Waals surface area contributed by atoms with Crippen LogP contribution in [0.5, 0.6) is 5.75 Å². The highest BCUT2D eigenvalue weighted by molar-refractivity contribution is 6.01. The van der Waals surface area contributed by atoms with Crippen LogP contribution in [0, 0.1) is 17.2 Å². The molecule has 1 aliphatic rings. The standard InChI is InChI=1S/C16H17NO2/c1-12-3-2-4-14(16(12)18)11-13-5-7-15(8-6-13)19-10-9-17/h5-8,11-12H,2-4,10H2,1H3/b14-11+/t12-/m0/s1. The van der Waals surface area contributed by atoms with E-state index in [0.717, 1.165) is 30.4 Å². The van der Waals surface area contributed by atoms with Crippen LogP contribution in [0.1, 0.15) is 31.7 Å². The van der Waals surface area contributed by atoms with E-state index in [4.69, 9.17) is 10.00 Å². The zero-order valence-corrected chi connectivity index (χ0v) is 11.1. The van der Waals surface area contributed by atoms with Gasteiger partial charge in [0, 0.05) is 5.92 Å². The van der Waals surface area contributed by atoms with E-state index < -0.39 is 0 Å². The number of hydrogen-bond donors (Lipinski definition) is 0. The average molecular weight is 255 g/mol. The summed E-state index contributed by atoms with van der Waals surface area (Å²) in [5.41, 5.74) is 1.92. The van der Waals surface area contributed by atoms with Crippen LogP contribution in [0.4, 0.5) is 0 Å². The fraction of sp³-hybridized carbons (Fsp3) is 0.375. The van der Waals surface area contributed by atoms with Gasteiger partial charge in [-0.3, -0.25) is 4.79 Å². The fourth-order valence-electron chi connectivity index (χ4n) is 2.29. The van der Waals surface area contributed by atoms with Crippen LogP contribution in [0.25, 0.3) is 6.08 Å². The topological polar surface area (TPSA) is 50.1 Å². The Bertz CT molecular complexity index is 523. The van der Waals surface area contributed by atoms with Gasteiger partial charge in [0.2, 0.25) is 0 Å². The number of carbonyl (C=O) groups excluding carboxylic acids is 1. The molecule has 0 spiro atoms. The minimum absolute atomic E-state index is 0.0520. The van der Waals surface area contributed by atoms with Crippen molar-refractivity contribution >= 4 is 11.9 Å². The van der Waals surface area contributed by atoms with Gasteiger partial charge in [-0.2, -0.15) is 5.26 Å². The van der Waals surface area contributed by atoms with E-state index in [9.17, 15) is 4.79 Å². The van der Waals surface area contributed by atoms with Gasteiger partial charge in [-0.1, -0.05) is 19.1 Å². The Balaban J connectivity index is 2.10. The maximum absolute atomic E-state index is 12.0. The van der Waals surface area contributed by atoms with Gasteiger partial charge in [-0.05, 0) is 48.6 Å². The van der Waals surface area contributed by atoms with Crippen LogP contribution in [0.15, 0.2) is 29.8 Å². The number of rotatable bonds is 3. The maximum Gasteiger partial charge on any atom is 0.174 e. The first-order chi connectivity index (χ1) is 9.20. The predicted molar refractivity (Wildman–Crippen MR) is 73.5 cm³/mol. The zero-order chi connectivity index (χ0) is 13.7. The third kappa shape index (κ3) is 3.45. The highest BCUT2D eigenvalue weighted by Gasteiger charge is 2.22. The molecular weight excluding hydrogens is 238 g/mol. The first kappa shape index (κ1) is 13.4. The molecular formula is C16H17NO2. The van der Waals surface area contributed by atoms with Gasteiger partial charge >= 0.3 is 0 Å². The molecule has 0 saturated heterocycles. The van der Waals surface area contributed by atoms with Crippen molar-refractivity contribution in [2.75, 3.05) is 6.61 Å². The number of nitrogens with zero attached hydrogens (tertiary/aromatic N) is 1. The van der Waals surface area contributed by atoms with Crippen molar-refractivity contribution in [3.8, 4) is 11.8 Å². The van der Waals surface area contributed by atoms with Crippen molar-refractivity contribution in [1.29, 1.82) is 5.26 Å². The molecule has 1 aromatic carbocycles. The number of ketones is 1. The van der Waals surface area contributed by atoms with E-state index in [1.165, 1.54) is 0 Å². The van der Waals surface area contributed by atoms with Crippen molar-refractivity contribution in [3.05, 3.63) is 35.4 Å². The highest BCUT2D eigenvalue weighted by Crippen LogP contribution is 2.26. The molecule has 1 fully saturated rings. The lowest BCUT2D eigenvalue weighted by molar-refractivity contribution is -0.119. The average Bonchev–Trinajstić information content (AvgIpc) is 2.43. The molecule has 0 radical (unpaired) electrons. The Labute approximate surface area is 113 Å². The van der Waals surface area contributed by atoms with Crippen LogP contribution in [-0.2, 0) is 4.79 Å². The molecule has 0 bridgehead atoms. The molecule has 0 aliphatic heterocycles. The molecule has 98 valence electrons. The maximum atomic E-state index is 12.0. The molecule has 3 heteroatoms. The van der Waals surface area contributed by atoms with E-state index in [0.29, 0.717) is 5.75 Å². The number of hydrogen-bond acceptors (Lipinski definition) is 3. The molecule has 0 heterocycles. The van der Waals surface area contributed by atoms with Crippen LogP contribution in [-0.4, -0.2) is 12.4 Å². The van der Waals surface area contributed by atoms with Crippen LogP contribution >= 0.6 is 0 Å². The van der Waals surface area contributed by atoms with Crippen molar-refractivity contribution < 1.29 is 9.53 Å². The van der Waals surface area contributed by atoms with E-state index >= 15 is 0 Å². The molecule has 19 heavy (non-hydrogen) atoms. The molecule has 1 aliphatic carbocycles. The Morgan fingerprint density at radius 2 is 2.16 bits per heavy atom. The second-order valence-corrected chi connectivity index (χ2v) is 4.84. The Morgan fingerprint density at radius 3 is 2.84 bits per heavy atom. The number of ether oxygens (including phenoxy) is 1. The second kappa shape index (κ2) is 6.19. The van der Waals surface area contributed by atoms with Crippen LogP contribution in [0.3, 0.4) is 0 Å². The molecule has 2 rings (SSSR count). The number of Topliss-reactive ketones (excluding diaryl/α,β-unsaturated/α-hetero) is 1. The van der Waals surface area contributed by atoms with Gasteiger partial charge in [0.25, 0.3) is 0 Å². The summed E-state index contributed by atoms with van der Waals surface area (Å²) in [6.45, 7) is 2.05. The molecule has 3 nitrogen and oxygen atoms in total. The Hall–Kier alpha value is -2.08. The lowest BCUT2D eigenvalue weighted by Crippen LogP contribution is -2.18. The first-order valence-corrected chi connectivity index (χ1v) is 6.55. The van der Waals surface area contributed by atoms with Crippen molar-refractivity contribution in [1.82, 2.24) is 0 Å². The lowest BCUT2D eigenvalue weighted by atomic mass is 9.84. The number of carbonyl (C=O) groups is 1. The third-order valence-electron chi connectivity index (χ3n) is 3.37. The summed E-state index contributed by atoms with van der Waals surface area (Å²) in [4.78, 5) is 12.0. The molecule has 1 saturated carbocycles. The quantitative estimate of drug-likeness (QED) is 0.778. The fourth-order valence-corrected chi connectivity index (χ4v) is 2.29. The van der Waals surface area contributed by atoms with Gasteiger partial charge in [-0.15, -0.1) is 0 Å². The Kier molecular flexibility index (Phi) is 4.35. The largest absolute Gasteiger partial charge is 0.479 e. The normalized spacial score (nSPS) is 21.2. The number of allylic oxidation sites excluding steroid dienone is 1. The van der Waals surface area contributed by atoms with E-state index in [1.807, 2.05) is 43.3 Å². The van der Waals surface area contributed by atoms with Gasteiger partial charge in [0.15, 0.2) is 12.4 Å². The summed E-state index contributed by atoms with van der Waals surface area (Å²) in [5, 5.41) is 8.43. The highest BCUT2D eigenvalue weighted by atomic mass is 16.5. The van der Waals surface area contributed by atoms with Gasteiger partial charge in [0.1, 0.15) is 11.8 Å². The molecule has 0 N–H and O–H groups in total. The summed E-state index contributed by atoms with van der Waals surface area (Å²) >= 11 is 0. The molecule has 1 atom stereocenters. The third-order valence-corrected chi connectivity index (χ3v) is 3.37. The molecule has 1 aromatic rings. The lowest BCUT2D eigenvalue weighted by Gasteiger charge is -2.19. The minimum atomic E-state index is 0.0520. The summed E-state index contributed by atoms with van der Waals surface area (Å²) < 4.78 is 5.19. The van der Waals surface area contributed by atoms with E-state index in [2.05, 4.69) is 0 Å². The number of nitriles is 1. The van der Waals surface area contributed by atoms with Crippen molar-refractivity contribution in [2.45, 2.75) is 26.2 Å². The Morgan fingerprint density at radius 1 is 1.42 bits per heavy atom. The second-order valence-electron chi connectivity index (χ2n) is 4.84. The van der Waals surface area contributed by atoms with Crippen molar-refractivity contribution in [2.24, 2.45) is 5.92 Å². The summed E-state index contributed by atoms with van der Waals surface area (Å²) in [7, 11) is 0. The summed E-state index contributed by atoms with van der Waals surface area (Å²) in [6, 6.07) is 9.39. The minimum Gasteiger partial charge on any atom is -0.479 e. The molecule has 0 aromatic heterocycles. The summed E-state index contributed by atoms with van der Waals surface area (Å²) in [5.74, 6) is 1.10. The predicted octanol–water partition coefficient (Wildman–Crippen LogP) is 3.36. The van der Waals surface area contributed by atoms with Crippen LogP contribution < -0.4 is 4.74 Å². The first-order valence-electron chi connectivity index (χ1n) is 6.55. The SMILES string of the molecule is C[C@H]1CCC/C(=C\c2ccc(OCC#N)cc2)C1=O. The van der Waals surface area contributed by atoms with Gasteiger partial charge in [0.05, 0.1) is 0 Å². The van der Waals surface area contributed by atoms with Gasteiger partial charge < -0.3 is 4.74 Å². The summed E-state index contributed by atoms with van der Waals surface area (Å²) in [6.07, 6.45) is 4.92. The van der Waals surface area contributed by atoms with Gasteiger partial charge in [-0.25, -0.2) is 0 Å². The van der Waals surface area contributed by atoms with Crippen molar-refractivity contribution in [3.63, 3.8) is 0 Å². The molecule has 0 amide bonds. The van der Waals surface area contributed by atoms with Crippen LogP contribution in [0.2, 0.25) is 0 Å². The zero-order valence-electron chi connectivity index (χ0n) is 11.1. The number of benzene rings is 1.